The summed E-state index contributed by atoms with van der Waals surface area (Å²) in [5.74, 6) is -1.71. The third-order valence-corrected chi connectivity index (χ3v) is 3.65. The number of carboxylic acid groups (broad SMARTS) is 1. The summed E-state index contributed by atoms with van der Waals surface area (Å²) in [5, 5.41) is 11.3. The number of likely N-dealkylation sites (tertiary alicyclic amines) is 1. The number of carboxylic acids is 1. The summed E-state index contributed by atoms with van der Waals surface area (Å²) in [7, 11) is 0. The molecule has 0 aromatic carbocycles. The van der Waals surface area contributed by atoms with Crippen LogP contribution in [0.5, 0.6) is 0 Å². The summed E-state index contributed by atoms with van der Waals surface area (Å²) in [6.07, 6.45) is 5.62. The van der Waals surface area contributed by atoms with E-state index < -0.39 is 11.9 Å². The molecule has 1 saturated heterocycles. The van der Waals surface area contributed by atoms with Gasteiger partial charge in [-0.2, -0.15) is 0 Å². The summed E-state index contributed by atoms with van der Waals surface area (Å²) >= 11 is 0. The van der Waals surface area contributed by atoms with E-state index in [2.05, 4.69) is 5.32 Å². The number of hydrogen-bond acceptors (Lipinski definition) is 4. The van der Waals surface area contributed by atoms with Crippen LogP contribution in [0.1, 0.15) is 53.0 Å². The second-order valence-electron chi connectivity index (χ2n) is 5.31. The lowest BCUT2D eigenvalue weighted by Gasteiger charge is -2.20. The quantitative estimate of drug-likeness (QED) is 0.858. The van der Waals surface area contributed by atoms with E-state index in [0.29, 0.717) is 0 Å². The molecule has 0 unspecified atom stereocenters. The van der Waals surface area contributed by atoms with Gasteiger partial charge in [-0.05, 0) is 12.8 Å². The lowest BCUT2D eigenvalue weighted by atomic mass is 10.2. The molecule has 0 spiro atoms. The summed E-state index contributed by atoms with van der Waals surface area (Å²) < 4.78 is 4.89. The van der Waals surface area contributed by atoms with E-state index >= 15 is 0 Å². The van der Waals surface area contributed by atoms with Crippen LogP contribution >= 0.6 is 0 Å². The number of furan rings is 1. The maximum atomic E-state index is 12.0. The summed E-state index contributed by atoms with van der Waals surface area (Å²) in [4.78, 5) is 36.3. The first kappa shape index (κ1) is 16.1. The normalized spacial score (nSPS) is 15.2. The number of carbonyl (C=O) groups excluding carboxylic acids is 2. The molecular weight excluding hydrogens is 288 g/mol. The molecule has 1 fully saturated rings. The van der Waals surface area contributed by atoms with E-state index in [0.717, 1.165) is 51.1 Å². The van der Waals surface area contributed by atoms with E-state index in [1.807, 2.05) is 4.90 Å². The Morgan fingerprint density at radius 2 is 1.86 bits per heavy atom. The van der Waals surface area contributed by atoms with Crippen LogP contribution in [0.2, 0.25) is 0 Å². The number of hydrogen-bond donors (Lipinski definition) is 2. The third kappa shape index (κ3) is 4.34. The lowest BCUT2D eigenvalue weighted by Crippen LogP contribution is -2.35. The van der Waals surface area contributed by atoms with E-state index in [9.17, 15) is 14.4 Å². The standard InChI is InChI=1S/C15H20N2O5/c18-13(17-7-3-1-2-4-8-17)5-6-16-14(19)12-9-11(10-22-12)15(20)21/h9-10H,1-8H2,(H,16,19)(H,20,21). The fourth-order valence-electron chi connectivity index (χ4n) is 2.42. The van der Waals surface area contributed by atoms with Crippen LogP contribution in [0.3, 0.4) is 0 Å². The number of aromatic carboxylic acids is 1. The zero-order valence-electron chi connectivity index (χ0n) is 12.3. The highest BCUT2D eigenvalue weighted by atomic mass is 16.4. The van der Waals surface area contributed by atoms with Gasteiger partial charge in [-0.15, -0.1) is 0 Å². The Labute approximate surface area is 128 Å². The van der Waals surface area contributed by atoms with Gasteiger partial charge in [-0.3, -0.25) is 9.59 Å². The molecule has 0 atom stereocenters. The van der Waals surface area contributed by atoms with Gasteiger partial charge in [0.2, 0.25) is 5.91 Å². The molecule has 0 bridgehead atoms. The van der Waals surface area contributed by atoms with Crippen LogP contribution in [0.15, 0.2) is 16.7 Å². The van der Waals surface area contributed by atoms with Gasteiger partial charge in [0, 0.05) is 32.1 Å². The van der Waals surface area contributed by atoms with Crippen LogP contribution in [0.4, 0.5) is 0 Å². The van der Waals surface area contributed by atoms with Gasteiger partial charge in [0.05, 0.1) is 5.56 Å². The van der Waals surface area contributed by atoms with Crippen LogP contribution < -0.4 is 5.32 Å². The van der Waals surface area contributed by atoms with Crippen molar-refractivity contribution in [2.45, 2.75) is 32.1 Å². The van der Waals surface area contributed by atoms with Crippen molar-refractivity contribution in [2.24, 2.45) is 0 Å². The molecule has 1 aromatic heterocycles. The van der Waals surface area contributed by atoms with Crippen LogP contribution in [0.25, 0.3) is 0 Å². The van der Waals surface area contributed by atoms with Crippen LogP contribution in [-0.2, 0) is 4.79 Å². The number of carbonyl (C=O) groups is 3. The van der Waals surface area contributed by atoms with Crippen molar-refractivity contribution in [3.8, 4) is 0 Å². The summed E-state index contributed by atoms with van der Waals surface area (Å²) in [6, 6.07) is 1.16. The molecule has 2 heterocycles. The molecule has 2 rings (SSSR count). The Morgan fingerprint density at radius 1 is 1.18 bits per heavy atom. The highest BCUT2D eigenvalue weighted by Gasteiger charge is 2.17. The highest BCUT2D eigenvalue weighted by Crippen LogP contribution is 2.11. The predicted octanol–water partition coefficient (Wildman–Crippen LogP) is 1.50. The molecule has 1 aliphatic heterocycles. The van der Waals surface area contributed by atoms with Crippen molar-refractivity contribution in [3.63, 3.8) is 0 Å². The number of nitrogens with zero attached hydrogens (tertiary/aromatic N) is 1. The Hall–Kier alpha value is -2.31. The molecule has 120 valence electrons. The molecule has 22 heavy (non-hydrogen) atoms. The van der Waals surface area contributed by atoms with E-state index in [-0.39, 0.29) is 30.2 Å². The number of rotatable bonds is 5. The molecule has 2 N–H and O–H groups in total. The Morgan fingerprint density at radius 3 is 2.45 bits per heavy atom. The van der Waals surface area contributed by atoms with E-state index in [1.54, 1.807) is 0 Å². The average Bonchev–Trinajstić information content (AvgIpc) is 2.83. The van der Waals surface area contributed by atoms with Gasteiger partial charge >= 0.3 is 5.97 Å². The van der Waals surface area contributed by atoms with Gasteiger partial charge in [-0.1, -0.05) is 12.8 Å². The first-order chi connectivity index (χ1) is 10.6. The Kier molecular flexibility index (Phi) is 5.57. The van der Waals surface area contributed by atoms with Gasteiger partial charge in [0.15, 0.2) is 5.76 Å². The largest absolute Gasteiger partial charge is 0.478 e. The fourth-order valence-corrected chi connectivity index (χ4v) is 2.42. The molecule has 1 aromatic rings. The average molecular weight is 308 g/mol. The summed E-state index contributed by atoms with van der Waals surface area (Å²) in [5.41, 5.74) is -0.0780. The van der Waals surface area contributed by atoms with Gasteiger partial charge in [0.1, 0.15) is 6.26 Å². The Balaban J connectivity index is 1.76. The van der Waals surface area contributed by atoms with Crippen molar-refractivity contribution >= 4 is 17.8 Å². The molecule has 0 aliphatic carbocycles. The minimum Gasteiger partial charge on any atom is -0.478 e. The fraction of sp³-hybridized carbons (Fsp3) is 0.533. The van der Waals surface area contributed by atoms with Crippen molar-refractivity contribution in [3.05, 3.63) is 23.7 Å². The van der Waals surface area contributed by atoms with Gasteiger partial charge in [0.25, 0.3) is 5.91 Å². The molecule has 0 saturated carbocycles. The molecule has 7 nitrogen and oxygen atoms in total. The first-order valence-corrected chi connectivity index (χ1v) is 7.46. The highest BCUT2D eigenvalue weighted by molar-refractivity contribution is 5.95. The molecule has 0 radical (unpaired) electrons. The molecular formula is C15H20N2O5. The number of amides is 2. The number of nitrogens with one attached hydrogen (secondary N) is 1. The van der Waals surface area contributed by atoms with Gasteiger partial charge in [-0.25, -0.2) is 4.79 Å². The van der Waals surface area contributed by atoms with Crippen LogP contribution in [-0.4, -0.2) is 47.4 Å². The smallest absolute Gasteiger partial charge is 0.338 e. The lowest BCUT2D eigenvalue weighted by molar-refractivity contribution is -0.131. The monoisotopic (exact) mass is 308 g/mol. The predicted molar refractivity (Wildman–Crippen MR) is 77.7 cm³/mol. The minimum atomic E-state index is -1.15. The van der Waals surface area contributed by atoms with Crippen LogP contribution in [0, 0.1) is 0 Å². The SMILES string of the molecule is O=C(O)c1coc(C(=O)NCCC(=O)N2CCCCCC2)c1. The van der Waals surface area contributed by atoms with Crippen molar-refractivity contribution in [1.82, 2.24) is 10.2 Å². The van der Waals surface area contributed by atoms with Crippen molar-refractivity contribution in [2.75, 3.05) is 19.6 Å². The van der Waals surface area contributed by atoms with E-state index in [4.69, 9.17) is 9.52 Å². The Bertz CT molecular complexity index is 544. The second-order valence-corrected chi connectivity index (χ2v) is 5.31. The zero-order valence-corrected chi connectivity index (χ0v) is 12.3. The third-order valence-electron chi connectivity index (χ3n) is 3.65. The summed E-state index contributed by atoms with van der Waals surface area (Å²) in [6.45, 7) is 1.77. The molecule has 7 heteroatoms. The van der Waals surface area contributed by atoms with Crippen molar-refractivity contribution < 1.29 is 23.9 Å². The maximum absolute atomic E-state index is 12.0. The molecule has 2 amide bonds. The van der Waals surface area contributed by atoms with Gasteiger partial charge < -0.3 is 19.7 Å². The van der Waals surface area contributed by atoms with E-state index in [1.165, 1.54) is 0 Å². The topological polar surface area (TPSA) is 99.8 Å². The zero-order chi connectivity index (χ0) is 15.9. The first-order valence-electron chi connectivity index (χ1n) is 7.46. The van der Waals surface area contributed by atoms with Crippen molar-refractivity contribution in [1.29, 1.82) is 0 Å². The molecule has 1 aliphatic rings. The second kappa shape index (κ2) is 7.63. The maximum Gasteiger partial charge on any atom is 0.338 e. The minimum absolute atomic E-state index is 0.0351.